The highest BCUT2D eigenvalue weighted by molar-refractivity contribution is 7.99. The van der Waals surface area contributed by atoms with E-state index in [0.29, 0.717) is 35.1 Å². The van der Waals surface area contributed by atoms with Gasteiger partial charge < -0.3 is 10.1 Å². The maximum Gasteiger partial charge on any atom is 0.265 e. The van der Waals surface area contributed by atoms with Gasteiger partial charge in [0, 0.05) is 25.3 Å². The van der Waals surface area contributed by atoms with Crippen molar-refractivity contribution in [3.63, 3.8) is 0 Å². The largest absolute Gasteiger partial charge is 0.379 e. The van der Waals surface area contributed by atoms with Crippen LogP contribution in [0.1, 0.15) is 32.7 Å². The molecule has 4 rings (SSSR count). The van der Waals surface area contributed by atoms with E-state index in [0.717, 1.165) is 12.1 Å². The summed E-state index contributed by atoms with van der Waals surface area (Å²) in [6, 6.07) is 9.40. The van der Waals surface area contributed by atoms with Crippen LogP contribution in [-0.4, -0.2) is 50.2 Å². The Kier molecular flexibility index (Phi) is 6.19. The molecule has 9 heteroatoms. The van der Waals surface area contributed by atoms with E-state index in [-0.39, 0.29) is 30.0 Å². The fraction of sp³-hybridized carbons (Fsp3) is 0.429. The summed E-state index contributed by atoms with van der Waals surface area (Å²) in [4.78, 5) is 30.2. The van der Waals surface area contributed by atoms with E-state index in [1.807, 2.05) is 44.2 Å². The minimum Gasteiger partial charge on any atom is -0.379 e. The first-order valence-corrected chi connectivity index (χ1v) is 11.1. The Morgan fingerprint density at radius 2 is 2.13 bits per heavy atom. The number of nitrogens with one attached hydrogen (secondary N) is 1. The first-order chi connectivity index (χ1) is 14.5. The molecule has 1 atom stereocenters. The number of aromatic nitrogens is 4. The minimum absolute atomic E-state index is 0.0648. The fourth-order valence-electron chi connectivity index (χ4n) is 3.44. The Bertz CT molecular complexity index is 1090. The topological polar surface area (TPSA) is 91.0 Å². The van der Waals surface area contributed by atoms with Crippen molar-refractivity contribution in [3.8, 4) is 5.69 Å². The van der Waals surface area contributed by atoms with Gasteiger partial charge >= 0.3 is 0 Å². The number of thioether (sulfide) groups is 1. The van der Waals surface area contributed by atoms with Crippen LogP contribution < -0.4 is 10.9 Å². The van der Waals surface area contributed by atoms with E-state index in [9.17, 15) is 9.59 Å². The SMILES string of the molecule is CC(C)OCCCNC(=O)C[C@H]1CSc2nc3c(cnn3-c3ccccc3)c(=O)n21. The Labute approximate surface area is 178 Å². The van der Waals surface area contributed by atoms with Crippen LogP contribution in [0.25, 0.3) is 16.7 Å². The number of carbonyl (C=O) groups excluding carboxylic acids is 1. The molecule has 158 valence electrons. The number of para-hydroxylation sites is 1. The highest BCUT2D eigenvalue weighted by Crippen LogP contribution is 2.33. The van der Waals surface area contributed by atoms with Crippen molar-refractivity contribution in [2.24, 2.45) is 0 Å². The molecule has 0 radical (unpaired) electrons. The van der Waals surface area contributed by atoms with Crippen LogP contribution >= 0.6 is 11.8 Å². The van der Waals surface area contributed by atoms with Crippen LogP contribution in [0.2, 0.25) is 0 Å². The molecule has 3 aromatic rings. The molecule has 3 heterocycles. The summed E-state index contributed by atoms with van der Waals surface area (Å²) in [6.45, 7) is 5.15. The van der Waals surface area contributed by atoms with Crippen LogP contribution in [0.3, 0.4) is 0 Å². The Morgan fingerprint density at radius 3 is 2.90 bits per heavy atom. The van der Waals surface area contributed by atoms with Crippen molar-refractivity contribution in [2.45, 2.75) is 44.0 Å². The summed E-state index contributed by atoms with van der Waals surface area (Å²) >= 11 is 1.50. The van der Waals surface area contributed by atoms with Crippen molar-refractivity contribution < 1.29 is 9.53 Å². The number of rotatable bonds is 8. The molecule has 0 fully saturated rings. The molecule has 1 N–H and O–H groups in total. The lowest BCUT2D eigenvalue weighted by atomic mass is 10.2. The van der Waals surface area contributed by atoms with Gasteiger partial charge in [-0.1, -0.05) is 30.0 Å². The number of nitrogens with zero attached hydrogens (tertiary/aromatic N) is 4. The van der Waals surface area contributed by atoms with E-state index in [4.69, 9.17) is 9.72 Å². The third kappa shape index (κ3) is 4.27. The lowest BCUT2D eigenvalue weighted by Gasteiger charge is -2.14. The second-order valence-electron chi connectivity index (χ2n) is 7.49. The second kappa shape index (κ2) is 9.01. The van der Waals surface area contributed by atoms with Gasteiger partial charge in [-0.05, 0) is 32.4 Å². The van der Waals surface area contributed by atoms with Crippen LogP contribution in [0.15, 0.2) is 46.5 Å². The molecule has 0 unspecified atom stereocenters. The van der Waals surface area contributed by atoms with Gasteiger partial charge in [-0.25, -0.2) is 9.67 Å². The van der Waals surface area contributed by atoms with Crippen LogP contribution in [0.5, 0.6) is 0 Å². The van der Waals surface area contributed by atoms with Gasteiger partial charge in [-0.2, -0.15) is 5.10 Å². The van der Waals surface area contributed by atoms with E-state index >= 15 is 0 Å². The molecule has 0 aliphatic carbocycles. The van der Waals surface area contributed by atoms with Crippen molar-refractivity contribution in [1.82, 2.24) is 24.6 Å². The van der Waals surface area contributed by atoms with Crippen molar-refractivity contribution >= 4 is 28.7 Å². The van der Waals surface area contributed by atoms with Crippen LogP contribution in [0.4, 0.5) is 0 Å². The molecule has 1 amide bonds. The number of ether oxygens (including phenoxy) is 1. The number of carbonyl (C=O) groups is 1. The lowest BCUT2D eigenvalue weighted by Crippen LogP contribution is -2.31. The maximum atomic E-state index is 13.1. The third-order valence-electron chi connectivity index (χ3n) is 4.89. The smallest absolute Gasteiger partial charge is 0.265 e. The molecule has 1 aliphatic rings. The van der Waals surface area contributed by atoms with Gasteiger partial charge in [0.25, 0.3) is 5.56 Å². The molecule has 0 bridgehead atoms. The molecule has 30 heavy (non-hydrogen) atoms. The number of fused-ring (bicyclic) bond motifs is 2. The molecule has 0 saturated carbocycles. The summed E-state index contributed by atoms with van der Waals surface area (Å²) in [5.41, 5.74) is 1.25. The quantitative estimate of drug-likeness (QED) is 0.439. The molecule has 1 aromatic carbocycles. The average Bonchev–Trinajstić information content (AvgIpc) is 3.33. The monoisotopic (exact) mass is 427 g/mol. The first-order valence-electron chi connectivity index (χ1n) is 10.1. The minimum atomic E-state index is -0.207. The van der Waals surface area contributed by atoms with Crippen LogP contribution in [-0.2, 0) is 9.53 Å². The molecule has 2 aromatic heterocycles. The van der Waals surface area contributed by atoms with E-state index in [1.54, 1.807) is 15.4 Å². The van der Waals surface area contributed by atoms with Gasteiger partial charge in [0.05, 0.1) is 24.0 Å². The van der Waals surface area contributed by atoms with Gasteiger partial charge in [0.2, 0.25) is 5.91 Å². The van der Waals surface area contributed by atoms with Gasteiger partial charge in [-0.3, -0.25) is 14.2 Å². The molecule has 1 aliphatic heterocycles. The van der Waals surface area contributed by atoms with Crippen molar-refractivity contribution in [1.29, 1.82) is 0 Å². The predicted molar refractivity (Wildman–Crippen MR) is 116 cm³/mol. The molecule has 0 saturated heterocycles. The zero-order chi connectivity index (χ0) is 21.1. The number of hydrogen-bond acceptors (Lipinski definition) is 6. The van der Waals surface area contributed by atoms with Gasteiger partial charge in [-0.15, -0.1) is 0 Å². The van der Waals surface area contributed by atoms with E-state index in [1.165, 1.54) is 11.8 Å². The maximum absolute atomic E-state index is 13.1. The Balaban J connectivity index is 1.48. The van der Waals surface area contributed by atoms with Crippen molar-refractivity contribution in [2.75, 3.05) is 18.9 Å². The summed E-state index contributed by atoms with van der Waals surface area (Å²) in [5.74, 6) is 0.585. The Hall–Kier alpha value is -2.65. The number of hydrogen-bond donors (Lipinski definition) is 1. The summed E-state index contributed by atoms with van der Waals surface area (Å²) < 4.78 is 8.80. The molecule has 8 nitrogen and oxygen atoms in total. The van der Waals surface area contributed by atoms with Gasteiger partial charge in [0.1, 0.15) is 5.39 Å². The zero-order valence-electron chi connectivity index (χ0n) is 17.1. The third-order valence-corrected chi connectivity index (χ3v) is 5.98. The number of amides is 1. The van der Waals surface area contributed by atoms with E-state index < -0.39 is 0 Å². The first kappa shape index (κ1) is 20.6. The summed E-state index contributed by atoms with van der Waals surface area (Å²) in [6.07, 6.45) is 2.76. The molecular formula is C21H25N5O3S. The number of benzene rings is 1. The van der Waals surface area contributed by atoms with E-state index in [2.05, 4.69) is 10.4 Å². The van der Waals surface area contributed by atoms with Gasteiger partial charge in [0.15, 0.2) is 10.8 Å². The summed E-state index contributed by atoms with van der Waals surface area (Å²) in [5, 5.41) is 8.37. The Morgan fingerprint density at radius 1 is 1.33 bits per heavy atom. The lowest BCUT2D eigenvalue weighted by molar-refractivity contribution is -0.121. The molecule has 0 spiro atoms. The summed E-state index contributed by atoms with van der Waals surface area (Å²) in [7, 11) is 0. The van der Waals surface area contributed by atoms with Crippen LogP contribution in [0, 0.1) is 0 Å². The van der Waals surface area contributed by atoms with Crippen molar-refractivity contribution in [3.05, 3.63) is 46.9 Å². The average molecular weight is 428 g/mol. The fourth-order valence-corrected chi connectivity index (χ4v) is 4.57. The standard InChI is InChI=1S/C21H25N5O3S/c1-14(2)29-10-6-9-22-18(27)11-16-13-30-21-24-19-17(20(28)25(16)21)12-23-26(19)15-7-4-3-5-8-15/h3-5,7-8,12,14,16H,6,9-11,13H2,1-2H3,(H,22,27)/t16-/m0/s1. The highest BCUT2D eigenvalue weighted by atomic mass is 32.2. The molecular weight excluding hydrogens is 402 g/mol. The zero-order valence-corrected chi connectivity index (χ0v) is 17.9. The second-order valence-corrected chi connectivity index (χ2v) is 8.48. The predicted octanol–water partition coefficient (Wildman–Crippen LogP) is 2.55. The normalized spacial score (nSPS) is 15.6. The highest BCUT2D eigenvalue weighted by Gasteiger charge is 2.29.